The highest BCUT2D eigenvalue weighted by atomic mass is 16.5. The molecule has 51 heavy (non-hydrogen) atoms. The highest BCUT2D eigenvalue weighted by Crippen LogP contribution is 2.46. The zero-order valence-corrected chi connectivity index (χ0v) is 30.0. The average molecular weight is 706 g/mol. The van der Waals surface area contributed by atoms with E-state index in [1.54, 1.807) is 53.7 Å². The molecule has 0 fully saturated rings. The molecule has 1 aliphatic rings. The maximum Gasteiger partial charge on any atom is 0.306 e. The van der Waals surface area contributed by atoms with Gasteiger partial charge >= 0.3 is 5.97 Å². The first kappa shape index (κ1) is 36.7. The quantitative estimate of drug-likeness (QED) is 0.171. The third kappa shape index (κ3) is 7.34. The van der Waals surface area contributed by atoms with Crippen LogP contribution in [0.4, 0.5) is 0 Å². The van der Waals surface area contributed by atoms with E-state index >= 15 is 0 Å². The number of carbonyl (C=O) groups is 1. The van der Waals surface area contributed by atoms with Gasteiger partial charge in [0.1, 0.15) is 5.76 Å². The molecule has 1 aliphatic heterocycles. The Morgan fingerprint density at radius 3 is 1.98 bits per heavy atom. The predicted octanol–water partition coefficient (Wildman–Crippen LogP) is 5.25. The molecule has 3 aromatic carbocycles. The van der Waals surface area contributed by atoms with Crippen LogP contribution in [0.3, 0.4) is 0 Å². The van der Waals surface area contributed by atoms with Crippen molar-refractivity contribution in [1.29, 1.82) is 0 Å². The molecule has 0 saturated carbocycles. The summed E-state index contributed by atoms with van der Waals surface area (Å²) in [7, 11) is 12.1. The van der Waals surface area contributed by atoms with Crippen LogP contribution in [-0.2, 0) is 22.5 Å². The molecule has 13 heteroatoms. The predicted molar refractivity (Wildman–Crippen MR) is 186 cm³/mol. The third-order valence-electron chi connectivity index (χ3n) is 9.06. The molecular weight excluding hydrogens is 662 g/mol. The number of rotatable bonds is 14. The van der Waals surface area contributed by atoms with Gasteiger partial charge in [-0.1, -0.05) is 6.07 Å². The lowest BCUT2D eigenvalue weighted by atomic mass is 9.87. The minimum absolute atomic E-state index is 0.0803. The molecule has 0 spiro atoms. The van der Waals surface area contributed by atoms with Gasteiger partial charge in [-0.15, -0.1) is 0 Å². The van der Waals surface area contributed by atoms with Crippen LogP contribution in [0.2, 0.25) is 0 Å². The highest BCUT2D eigenvalue weighted by Gasteiger charge is 2.34. The Hall–Kier alpha value is -5.56. The van der Waals surface area contributed by atoms with E-state index in [0.29, 0.717) is 58.8 Å². The van der Waals surface area contributed by atoms with E-state index in [4.69, 9.17) is 42.3 Å². The van der Waals surface area contributed by atoms with Crippen LogP contribution >= 0.6 is 0 Å². The van der Waals surface area contributed by atoms with Gasteiger partial charge in [0.15, 0.2) is 40.3 Å². The van der Waals surface area contributed by atoms with E-state index in [2.05, 4.69) is 4.90 Å². The fraction of sp³-hybridized carbons (Fsp3) is 0.368. The number of hydrogen-bond donors (Lipinski definition) is 1. The Kier molecular flexibility index (Phi) is 11.5. The Morgan fingerprint density at radius 1 is 0.784 bits per heavy atom. The highest BCUT2D eigenvalue weighted by molar-refractivity contribution is 5.71. The average Bonchev–Trinajstić information content (AvgIpc) is 3.16. The lowest BCUT2D eigenvalue weighted by Crippen LogP contribution is -2.36. The van der Waals surface area contributed by atoms with Gasteiger partial charge in [-0.3, -0.25) is 14.5 Å². The molecular formula is C38H43NO12. The van der Waals surface area contributed by atoms with E-state index in [1.165, 1.54) is 27.4 Å². The molecule has 4 aromatic rings. The van der Waals surface area contributed by atoms with E-state index in [0.717, 1.165) is 16.7 Å². The normalized spacial score (nSPS) is 14.5. The Bertz CT molecular complexity index is 1910. The van der Waals surface area contributed by atoms with Crippen molar-refractivity contribution >= 4 is 5.97 Å². The van der Waals surface area contributed by atoms with Crippen LogP contribution in [0, 0.1) is 0 Å². The number of hydrogen-bond acceptors (Lipinski definition) is 13. The topological polar surface area (TPSA) is 145 Å². The second-order valence-electron chi connectivity index (χ2n) is 11.7. The van der Waals surface area contributed by atoms with Crippen LogP contribution in [0.25, 0.3) is 0 Å². The Balaban J connectivity index is 1.65. The second kappa shape index (κ2) is 16.0. The van der Waals surface area contributed by atoms with Gasteiger partial charge < -0.3 is 47.4 Å². The van der Waals surface area contributed by atoms with Gasteiger partial charge in [0, 0.05) is 12.6 Å². The van der Waals surface area contributed by atoms with Crippen molar-refractivity contribution in [2.45, 2.75) is 31.3 Å². The Labute approximate surface area is 296 Å². The van der Waals surface area contributed by atoms with Crippen LogP contribution in [0.1, 0.15) is 52.2 Å². The summed E-state index contributed by atoms with van der Waals surface area (Å²) in [5.74, 6) is 1.53. The van der Waals surface area contributed by atoms with Crippen molar-refractivity contribution < 1.29 is 52.2 Å². The van der Waals surface area contributed by atoms with E-state index in [-0.39, 0.29) is 24.5 Å². The summed E-state index contributed by atoms with van der Waals surface area (Å²) in [6.07, 6.45) is 0.418. The van der Waals surface area contributed by atoms with Crippen molar-refractivity contribution in [3.8, 4) is 46.0 Å². The largest absolute Gasteiger partial charge is 0.502 e. The molecule has 2 heterocycles. The number of methoxy groups -OCH3 is 8. The molecule has 2 atom stereocenters. The minimum Gasteiger partial charge on any atom is -0.502 e. The van der Waals surface area contributed by atoms with E-state index in [1.807, 2.05) is 24.3 Å². The van der Waals surface area contributed by atoms with Crippen molar-refractivity contribution in [3.63, 3.8) is 0 Å². The lowest BCUT2D eigenvalue weighted by Gasteiger charge is -2.38. The number of nitrogens with zero attached hydrogens (tertiary/aromatic N) is 1. The maximum absolute atomic E-state index is 13.4. The van der Waals surface area contributed by atoms with Crippen LogP contribution in [-0.4, -0.2) is 79.4 Å². The Morgan fingerprint density at radius 2 is 1.39 bits per heavy atom. The number of fused-ring (bicyclic) bond motifs is 1. The van der Waals surface area contributed by atoms with Gasteiger partial charge in [0.2, 0.25) is 16.9 Å². The summed E-state index contributed by atoms with van der Waals surface area (Å²) in [6, 6.07) is 13.6. The monoisotopic (exact) mass is 705 g/mol. The number of benzene rings is 3. The summed E-state index contributed by atoms with van der Waals surface area (Å²) in [4.78, 5) is 28.2. The van der Waals surface area contributed by atoms with Crippen molar-refractivity contribution in [2.24, 2.45) is 0 Å². The molecule has 13 nitrogen and oxygen atoms in total. The number of ether oxygens (including phenoxy) is 8. The number of carbonyl (C=O) groups excluding carboxylic acids is 1. The first-order chi connectivity index (χ1) is 24.6. The van der Waals surface area contributed by atoms with E-state index in [9.17, 15) is 14.7 Å². The summed E-state index contributed by atoms with van der Waals surface area (Å²) in [5.41, 5.74) is 2.67. The summed E-state index contributed by atoms with van der Waals surface area (Å²) < 4.78 is 50.6. The van der Waals surface area contributed by atoms with Crippen molar-refractivity contribution in [1.82, 2.24) is 4.90 Å². The van der Waals surface area contributed by atoms with Gasteiger partial charge in [-0.05, 0) is 65.1 Å². The zero-order valence-electron chi connectivity index (χ0n) is 30.0. The molecule has 0 bridgehead atoms. The molecule has 0 unspecified atom stereocenters. The molecule has 0 radical (unpaired) electrons. The minimum atomic E-state index is -0.894. The van der Waals surface area contributed by atoms with Crippen LogP contribution in [0.5, 0.6) is 46.0 Å². The zero-order chi connectivity index (χ0) is 36.8. The van der Waals surface area contributed by atoms with E-state index < -0.39 is 29.1 Å². The fourth-order valence-corrected chi connectivity index (χ4v) is 6.57. The molecule has 1 N–H and O–H groups in total. The van der Waals surface area contributed by atoms with Crippen molar-refractivity contribution in [3.05, 3.63) is 92.5 Å². The maximum atomic E-state index is 13.4. The molecule has 5 rings (SSSR count). The van der Waals surface area contributed by atoms with Crippen LogP contribution in [0.15, 0.2) is 57.7 Å². The van der Waals surface area contributed by atoms with Gasteiger partial charge in [-0.25, -0.2) is 0 Å². The first-order valence-corrected chi connectivity index (χ1v) is 16.1. The summed E-state index contributed by atoms with van der Waals surface area (Å²) >= 11 is 0. The molecule has 272 valence electrons. The lowest BCUT2D eigenvalue weighted by molar-refractivity contribution is -0.140. The first-order valence-electron chi connectivity index (χ1n) is 16.1. The fourth-order valence-electron chi connectivity index (χ4n) is 6.57. The van der Waals surface area contributed by atoms with Gasteiger partial charge in [0.25, 0.3) is 0 Å². The number of aromatic hydroxyl groups is 1. The smallest absolute Gasteiger partial charge is 0.306 e. The summed E-state index contributed by atoms with van der Waals surface area (Å²) in [6.45, 7) is 0.694. The second-order valence-corrected chi connectivity index (χ2v) is 11.7. The van der Waals surface area contributed by atoms with Crippen LogP contribution < -0.4 is 38.6 Å². The van der Waals surface area contributed by atoms with Gasteiger partial charge in [-0.2, -0.15) is 0 Å². The molecule has 0 saturated heterocycles. The summed E-state index contributed by atoms with van der Waals surface area (Å²) in [5, 5.41) is 11.1. The third-order valence-corrected chi connectivity index (χ3v) is 9.06. The van der Waals surface area contributed by atoms with Crippen molar-refractivity contribution in [2.75, 3.05) is 63.4 Å². The SMILES string of the molecule is COC(=O)C[C@@H](c1ccc(OC)c(OC)c1)c1oc(CN2CCc3cc(OC)c(OC)cc3[C@@H]2c2cc(OC)c(OC)c(OC)c2)cc(=O)c1O. The molecule has 0 aliphatic carbocycles. The molecule has 1 aromatic heterocycles. The standard InChI is InChI=1S/C38H43NO12/c1-43-28-10-9-21(13-29(28)44-2)26(19-34(41)49-7)37-36(42)27(40)17-24(51-37)20-39-12-11-22-14-30(45-3)31(46-4)18-25(22)35(39)23-15-32(47-5)38(50-8)33(16-23)48-6/h9-10,13-18,26,35,42H,11-12,19-20H2,1-8H3/t26-,35-/m0/s1. The molecule has 0 amide bonds. The van der Waals surface area contributed by atoms with Gasteiger partial charge in [0.05, 0.1) is 81.8 Å². The number of esters is 1.